The highest BCUT2D eigenvalue weighted by Gasteiger charge is 2.40. The Hall–Kier alpha value is -1.42. The molecule has 0 saturated carbocycles. The van der Waals surface area contributed by atoms with Gasteiger partial charge in [0.1, 0.15) is 0 Å². The molecule has 1 aliphatic carbocycles. The van der Waals surface area contributed by atoms with Crippen LogP contribution in [0.2, 0.25) is 0 Å². The topological polar surface area (TPSA) is 44.7 Å². The number of carbonyl (C=O) groups is 1. The van der Waals surface area contributed by atoms with E-state index in [2.05, 4.69) is 40.4 Å². The van der Waals surface area contributed by atoms with Gasteiger partial charge in [-0.3, -0.25) is 9.79 Å². The molecule has 2 aliphatic heterocycles. The van der Waals surface area contributed by atoms with Crippen molar-refractivity contribution in [3.63, 3.8) is 0 Å². The van der Waals surface area contributed by atoms with Crippen LogP contribution < -0.4 is 5.32 Å². The summed E-state index contributed by atoms with van der Waals surface area (Å²) in [4.78, 5) is 18.8. The van der Waals surface area contributed by atoms with Crippen molar-refractivity contribution in [3.8, 4) is 0 Å². The third-order valence-corrected chi connectivity index (χ3v) is 4.19. The number of allylic oxidation sites excluding steroid dienone is 2. The molecule has 0 amide bonds. The van der Waals surface area contributed by atoms with E-state index in [4.69, 9.17) is 0 Å². The number of nitrogens with one attached hydrogen (secondary N) is 1. The highest BCUT2D eigenvalue weighted by molar-refractivity contribution is 6.38. The second-order valence-electron chi connectivity index (χ2n) is 5.65. The number of fused-ring (bicyclic) bond motifs is 1. The third-order valence-electron chi connectivity index (χ3n) is 4.19. The zero-order valence-electron chi connectivity index (χ0n) is 11.6. The Kier molecular flexibility index (Phi) is 3.27. The van der Waals surface area contributed by atoms with Gasteiger partial charge in [0.2, 0.25) is 0 Å². The lowest BCUT2D eigenvalue weighted by atomic mass is 9.95. The highest BCUT2D eigenvalue weighted by Crippen LogP contribution is 2.30. The van der Waals surface area contributed by atoms with Crippen LogP contribution in [0.5, 0.6) is 0 Å². The second-order valence-corrected chi connectivity index (χ2v) is 5.65. The average molecular weight is 259 g/mol. The van der Waals surface area contributed by atoms with Crippen molar-refractivity contribution in [1.82, 2.24) is 10.2 Å². The Bertz CT molecular complexity index is 472. The number of rotatable bonds is 2. The van der Waals surface area contributed by atoms with Gasteiger partial charge in [-0.2, -0.15) is 0 Å². The van der Waals surface area contributed by atoms with Gasteiger partial charge in [-0.25, -0.2) is 0 Å². The van der Waals surface area contributed by atoms with Crippen LogP contribution in [0.25, 0.3) is 0 Å². The maximum absolute atomic E-state index is 11.9. The van der Waals surface area contributed by atoms with Gasteiger partial charge >= 0.3 is 0 Å². The van der Waals surface area contributed by atoms with Gasteiger partial charge in [0.25, 0.3) is 0 Å². The minimum absolute atomic E-state index is 0.0902. The summed E-state index contributed by atoms with van der Waals surface area (Å²) in [5, 5.41) is 3.38. The molecule has 3 aliphatic rings. The Morgan fingerprint density at radius 1 is 1.42 bits per heavy atom. The van der Waals surface area contributed by atoms with E-state index in [1.807, 2.05) is 0 Å². The summed E-state index contributed by atoms with van der Waals surface area (Å²) >= 11 is 0. The molecule has 102 valence electrons. The third kappa shape index (κ3) is 2.25. The molecule has 4 nitrogen and oxygen atoms in total. The largest absolute Gasteiger partial charge is 0.342 e. The number of Topliss-reactive ketones (excluding diaryl/α,β-unsaturated/α-hetero) is 1. The molecule has 0 aromatic carbocycles. The summed E-state index contributed by atoms with van der Waals surface area (Å²) in [5.41, 5.74) is 1.24. The standard InChI is InChI=1S/C15H21N3O/c1-10-3-4-14-13(9-10)17-15(11(2)19)18(14)12-5-7-16-8-6-12/h3-4,9,12-14,16H,5-8H2,1-2H3. The van der Waals surface area contributed by atoms with Gasteiger partial charge in [-0.1, -0.05) is 23.8 Å². The van der Waals surface area contributed by atoms with Gasteiger partial charge in [-0.15, -0.1) is 0 Å². The van der Waals surface area contributed by atoms with Crippen LogP contribution in [0, 0.1) is 0 Å². The normalized spacial score (nSPS) is 30.9. The Morgan fingerprint density at radius 2 is 2.16 bits per heavy atom. The lowest BCUT2D eigenvalue weighted by Crippen LogP contribution is -2.51. The molecule has 1 N–H and O–H groups in total. The fourth-order valence-corrected chi connectivity index (χ4v) is 3.28. The number of amidine groups is 1. The molecule has 4 heteroatoms. The van der Waals surface area contributed by atoms with E-state index >= 15 is 0 Å². The van der Waals surface area contributed by atoms with Crippen LogP contribution in [0.4, 0.5) is 0 Å². The quantitative estimate of drug-likeness (QED) is 0.813. The zero-order valence-corrected chi connectivity index (χ0v) is 11.6. The summed E-state index contributed by atoms with van der Waals surface area (Å²) in [6, 6.07) is 0.805. The lowest BCUT2D eigenvalue weighted by molar-refractivity contribution is -0.111. The first-order valence-corrected chi connectivity index (χ1v) is 7.11. The van der Waals surface area contributed by atoms with Crippen molar-refractivity contribution in [2.45, 2.75) is 44.8 Å². The van der Waals surface area contributed by atoms with Gasteiger partial charge in [0.05, 0.1) is 12.1 Å². The lowest BCUT2D eigenvalue weighted by Gasteiger charge is -2.38. The van der Waals surface area contributed by atoms with E-state index in [1.165, 1.54) is 5.57 Å². The molecule has 3 rings (SSSR count). The molecule has 1 fully saturated rings. The Labute approximate surface area is 114 Å². The molecule has 1 saturated heterocycles. The number of hydrogen-bond donors (Lipinski definition) is 1. The number of ketones is 1. The molecular weight excluding hydrogens is 238 g/mol. The van der Waals surface area contributed by atoms with Crippen molar-refractivity contribution >= 4 is 11.6 Å². The van der Waals surface area contributed by atoms with Gasteiger partial charge in [-0.05, 0) is 32.9 Å². The van der Waals surface area contributed by atoms with Gasteiger partial charge in [0.15, 0.2) is 11.6 Å². The zero-order chi connectivity index (χ0) is 13.4. The number of carbonyl (C=O) groups excluding carboxylic acids is 1. The van der Waals surface area contributed by atoms with Crippen LogP contribution >= 0.6 is 0 Å². The van der Waals surface area contributed by atoms with Crippen LogP contribution in [-0.4, -0.2) is 47.7 Å². The van der Waals surface area contributed by atoms with Crippen molar-refractivity contribution in [2.24, 2.45) is 4.99 Å². The van der Waals surface area contributed by atoms with E-state index in [9.17, 15) is 4.79 Å². The summed E-state index contributed by atoms with van der Waals surface area (Å²) in [5.74, 6) is 0.768. The molecule has 0 spiro atoms. The molecule has 2 atom stereocenters. The summed E-state index contributed by atoms with van der Waals surface area (Å²) in [6.45, 7) is 5.78. The van der Waals surface area contributed by atoms with Crippen molar-refractivity contribution in [1.29, 1.82) is 0 Å². The van der Waals surface area contributed by atoms with Crippen molar-refractivity contribution in [2.75, 3.05) is 13.1 Å². The van der Waals surface area contributed by atoms with Gasteiger partial charge in [0, 0.05) is 13.0 Å². The highest BCUT2D eigenvalue weighted by atomic mass is 16.1. The smallest absolute Gasteiger partial charge is 0.194 e. The van der Waals surface area contributed by atoms with E-state index in [-0.39, 0.29) is 17.9 Å². The van der Waals surface area contributed by atoms with E-state index in [0.29, 0.717) is 11.9 Å². The van der Waals surface area contributed by atoms with E-state index < -0.39 is 0 Å². The molecule has 0 radical (unpaired) electrons. The van der Waals surface area contributed by atoms with Crippen LogP contribution in [-0.2, 0) is 4.79 Å². The fourth-order valence-electron chi connectivity index (χ4n) is 3.28. The number of hydrogen-bond acceptors (Lipinski definition) is 4. The molecule has 0 bridgehead atoms. The van der Waals surface area contributed by atoms with E-state index in [0.717, 1.165) is 25.9 Å². The maximum Gasteiger partial charge on any atom is 0.194 e. The first-order chi connectivity index (χ1) is 9.16. The average Bonchev–Trinajstić information content (AvgIpc) is 2.78. The fraction of sp³-hybridized carbons (Fsp3) is 0.600. The monoisotopic (exact) mass is 259 g/mol. The molecule has 19 heavy (non-hydrogen) atoms. The number of nitrogens with zero attached hydrogens (tertiary/aromatic N) is 2. The minimum Gasteiger partial charge on any atom is -0.342 e. The summed E-state index contributed by atoms with van der Waals surface area (Å²) in [6.07, 6.45) is 8.71. The predicted molar refractivity (Wildman–Crippen MR) is 76.3 cm³/mol. The Morgan fingerprint density at radius 3 is 2.84 bits per heavy atom. The minimum atomic E-state index is 0.0902. The summed E-state index contributed by atoms with van der Waals surface area (Å²) < 4.78 is 0. The number of aliphatic imine (C=N–C) groups is 1. The van der Waals surface area contributed by atoms with Crippen molar-refractivity contribution < 1.29 is 4.79 Å². The van der Waals surface area contributed by atoms with Crippen LogP contribution in [0.3, 0.4) is 0 Å². The van der Waals surface area contributed by atoms with Gasteiger partial charge < -0.3 is 10.2 Å². The predicted octanol–water partition coefficient (Wildman–Crippen LogP) is 1.29. The second kappa shape index (κ2) is 4.93. The molecule has 2 heterocycles. The summed E-state index contributed by atoms with van der Waals surface area (Å²) in [7, 11) is 0. The number of piperidine rings is 1. The maximum atomic E-state index is 11.9. The first-order valence-electron chi connectivity index (χ1n) is 7.11. The molecule has 2 unspecified atom stereocenters. The van der Waals surface area contributed by atoms with E-state index in [1.54, 1.807) is 6.92 Å². The van der Waals surface area contributed by atoms with Crippen molar-refractivity contribution in [3.05, 3.63) is 23.8 Å². The first kappa shape index (κ1) is 12.6. The Balaban J connectivity index is 1.90. The molecule has 0 aromatic rings. The molecular formula is C15H21N3O. The SMILES string of the molecule is CC(=O)C1=NC2C=C(C)C=CC2N1C1CCNCC1. The molecule has 0 aromatic heterocycles. The van der Waals surface area contributed by atoms with Crippen LogP contribution in [0.1, 0.15) is 26.7 Å². The van der Waals surface area contributed by atoms with Crippen LogP contribution in [0.15, 0.2) is 28.8 Å².